The number of rotatable bonds is 2. The van der Waals surface area contributed by atoms with E-state index in [0.29, 0.717) is 4.47 Å². The third-order valence-corrected chi connectivity index (χ3v) is 4.23. The molecule has 0 aliphatic carbocycles. The molecule has 0 saturated carbocycles. The van der Waals surface area contributed by atoms with Crippen molar-refractivity contribution in [1.29, 1.82) is 0 Å². The van der Waals surface area contributed by atoms with Crippen molar-refractivity contribution in [2.45, 2.75) is 45.5 Å². The Labute approximate surface area is 153 Å². The highest BCUT2D eigenvalue weighted by molar-refractivity contribution is 9.10. The highest BCUT2D eigenvalue weighted by Gasteiger charge is 2.38. The third-order valence-electron chi connectivity index (χ3n) is 3.77. The zero-order valence-corrected chi connectivity index (χ0v) is 16.1. The molecule has 8 heteroatoms. The van der Waals surface area contributed by atoms with E-state index in [1.165, 1.54) is 24.0 Å². The summed E-state index contributed by atoms with van der Waals surface area (Å²) in [5, 5.41) is 2.54. The molecule has 5 nitrogen and oxygen atoms in total. The van der Waals surface area contributed by atoms with Crippen LogP contribution >= 0.6 is 15.9 Å². The molecule has 25 heavy (non-hydrogen) atoms. The maximum absolute atomic E-state index is 14.2. The van der Waals surface area contributed by atoms with Gasteiger partial charge >= 0.3 is 6.09 Å². The average Bonchev–Trinajstić information content (AvgIpc) is 2.82. The van der Waals surface area contributed by atoms with Gasteiger partial charge < -0.3 is 15.0 Å². The van der Waals surface area contributed by atoms with Crippen molar-refractivity contribution < 1.29 is 23.1 Å². The van der Waals surface area contributed by atoms with E-state index < -0.39 is 35.6 Å². The zero-order valence-electron chi connectivity index (χ0n) is 14.5. The number of hydrogen-bond acceptors (Lipinski definition) is 3. The highest BCUT2D eigenvalue weighted by Crippen LogP contribution is 2.22. The van der Waals surface area contributed by atoms with Gasteiger partial charge in [0.2, 0.25) is 0 Å². The molecule has 2 atom stereocenters. The monoisotopic (exact) mass is 418 g/mol. The minimum absolute atomic E-state index is 0.00263. The first kappa shape index (κ1) is 19.6. The van der Waals surface area contributed by atoms with Crippen molar-refractivity contribution in [3.8, 4) is 0 Å². The molecule has 138 valence electrons. The van der Waals surface area contributed by atoms with Gasteiger partial charge in [0.15, 0.2) is 0 Å². The van der Waals surface area contributed by atoms with Gasteiger partial charge in [0.1, 0.15) is 17.6 Å². The predicted octanol–water partition coefficient (Wildman–Crippen LogP) is 3.58. The van der Waals surface area contributed by atoms with Gasteiger partial charge in [0.05, 0.1) is 12.6 Å². The Kier molecular flexibility index (Phi) is 5.71. The fourth-order valence-electron chi connectivity index (χ4n) is 2.50. The number of carbonyl (C=O) groups excluding carboxylic acids is 2. The highest BCUT2D eigenvalue weighted by atomic mass is 79.9. The van der Waals surface area contributed by atoms with Gasteiger partial charge in [0.25, 0.3) is 5.91 Å². The van der Waals surface area contributed by atoms with E-state index in [0.717, 1.165) is 0 Å². The maximum atomic E-state index is 14.2. The lowest BCUT2D eigenvalue weighted by molar-refractivity contribution is 0.0281. The number of amides is 2. The van der Waals surface area contributed by atoms with Crippen molar-refractivity contribution in [2.24, 2.45) is 0 Å². The summed E-state index contributed by atoms with van der Waals surface area (Å²) in [7, 11) is 0. The maximum Gasteiger partial charge on any atom is 0.410 e. The molecule has 2 rings (SSSR count). The van der Waals surface area contributed by atoms with E-state index >= 15 is 0 Å². The first-order chi connectivity index (χ1) is 11.5. The quantitative estimate of drug-likeness (QED) is 0.798. The van der Waals surface area contributed by atoms with Crippen LogP contribution < -0.4 is 5.32 Å². The Bertz CT molecular complexity index is 691. The molecule has 1 aliphatic heterocycles. The number of alkyl halides is 1. The first-order valence-electron chi connectivity index (χ1n) is 7.86. The van der Waals surface area contributed by atoms with Crippen LogP contribution in [0.15, 0.2) is 16.6 Å². The molecule has 0 spiro atoms. The van der Waals surface area contributed by atoms with Gasteiger partial charge in [-0.05, 0) is 45.4 Å². The van der Waals surface area contributed by atoms with E-state index in [9.17, 15) is 18.4 Å². The standard InChI is InChI=1S/C17H21BrF2N2O3/c1-9-11(5-10(18)6-12(9)19)15(23)21-14-8-22(7-13(14)20)16(24)25-17(2,3)4/h5-6,13-14H,7-8H2,1-4H3,(H,21,23)/t13-,14+/m0/s1. The lowest BCUT2D eigenvalue weighted by Crippen LogP contribution is -2.42. The van der Waals surface area contributed by atoms with Crippen LogP contribution in [0.1, 0.15) is 36.7 Å². The van der Waals surface area contributed by atoms with Crippen molar-refractivity contribution in [3.05, 3.63) is 33.5 Å². The number of benzene rings is 1. The van der Waals surface area contributed by atoms with Crippen LogP contribution in [0.3, 0.4) is 0 Å². The Hall–Kier alpha value is -1.70. The smallest absolute Gasteiger partial charge is 0.410 e. The third kappa shape index (κ3) is 4.90. The minimum atomic E-state index is -1.42. The van der Waals surface area contributed by atoms with E-state index in [1.54, 1.807) is 20.8 Å². The molecular formula is C17H21BrF2N2O3. The normalized spacial score (nSPS) is 20.5. The molecule has 0 bridgehead atoms. The van der Waals surface area contributed by atoms with E-state index in [4.69, 9.17) is 4.74 Å². The molecule has 0 aromatic heterocycles. The van der Waals surface area contributed by atoms with Crippen LogP contribution in [0, 0.1) is 12.7 Å². The van der Waals surface area contributed by atoms with Crippen LogP contribution in [-0.4, -0.2) is 47.8 Å². The fraction of sp³-hybridized carbons (Fsp3) is 0.529. The predicted molar refractivity (Wildman–Crippen MR) is 92.8 cm³/mol. The van der Waals surface area contributed by atoms with E-state index in [-0.39, 0.29) is 24.2 Å². The Morgan fingerprint density at radius 2 is 1.96 bits per heavy atom. The zero-order chi connectivity index (χ0) is 18.9. The summed E-state index contributed by atoms with van der Waals surface area (Å²) in [6, 6.07) is 1.85. The molecule has 0 radical (unpaired) electrons. The fourth-order valence-corrected chi connectivity index (χ4v) is 2.93. The summed E-state index contributed by atoms with van der Waals surface area (Å²) >= 11 is 3.13. The number of ether oxygens (including phenoxy) is 1. The van der Waals surface area contributed by atoms with Crippen LogP contribution in [0.2, 0.25) is 0 Å². The summed E-state index contributed by atoms with van der Waals surface area (Å²) in [6.07, 6.45) is -2.05. The number of hydrogen-bond donors (Lipinski definition) is 1. The summed E-state index contributed by atoms with van der Waals surface area (Å²) < 4.78 is 33.6. The Morgan fingerprint density at radius 1 is 1.32 bits per heavy atom. The molecule has 1 N–H and O–H groups in total. The molecule has 1 saturated heterocycles. The number of likely N-dealkylation sites (tertiary alicyclic amines) is 1. The van der Waals surface area contributed by atoms with Crippen LogP contribution in [0.25, 0.3) is 0 Å². The van der Waals surface area contributed by atoms with Gasteiger partial charge in [-0.15, -0.1) is 0 Å². The largest absolute Gasteiger partial charge is 0.444 e. The van der Waals surface area contributed by atoms with Crippen LogP contribution in [0.5, 0.6) is 0 Å². The van der Waals surface area contributed by atoms with Crippen LogP contribution in [0.4, 0.5) is 13.6 Å². The molecule has 1 fully saturated rings. The molecule has 0 unspecified atom stereocenters. The van der Waals surface area contributed by atoms with Gasteiger partial charge in [-0.1, -0.05) is 15.9 Å². The Morgan fingerprint density at radius 3 is 2.56 bits per heavy atom. The van der Waals surface area contributed by atoms with Gasteiger partial charge in [-0.25, -0.2) is 13.6 Å². The van der Waals surface area contributed by atoms with Crippen molar-refractivity contribution in [2.75, 3.05) is 13.1 Å². The van der Waals surface area contributed by atoms with Crippen molar-refractivity contribution >= 4 is 27.9 Å². The number of halogens is 3. The van der Waals surface area contributed by atoms with Gasteiger partial charge in [-0.2, -0.15) is 0 Å². The SMILES string of the molecule is Cc1c(F)cc(Br)cc1C(=O)N[C@@H]1CN(C(=O)OC(C)(C)C)C[C@@H]1F. The molecule has 1 aromatic rings. The van der Waals surface area contributed by atoms with Crippen molar-refractivity contribution in [3.63, 3.8) is 0 Å². The van der Waals surface area contributed by atoms with E-state index in [1.807, 2.05) is 0 Å². The minimum Gasteiger partial charge on any atom is -0.444 e. The van der Waals surface area contributed by atoms with Crippen molar-refractivity contribution in [1.82, 2.24) is 10.2 Å². The summed E-state index contributed by atoms with van der Waals surface area (Å²) in [6.45, 7) is 6.47. The molecule has 1 aromatic carbocycles. The van der Waals surface area contributed by atoms with E-state index in [2.05, 4.69) is 21.2 Å². The van der Waals surface area contributed by atoms with Gasteiger partial charge in [-0.3, -0.25) is 4.79 Å². The Balaban J connectivity index is 2.06. The second-order valence-electron chi connectivity index (χ2n) is 7.04. The summed E-state index contributed by atoms with van der Waals surface area (Å²) in [5.41, 5.74) is -0.386. The molecule has 2 amide bonds. The summed E-state index contributed by atoms with van der Waals surface area (Å²) in [4.78, 5) is 25.6. The first-order valence-corrected chi connectivity index (χ1v) is 8.65. The number of carbonyl (C=O) groups is 2. The topological polar surface area (TPSA) is 58.6 Å². The van der Waals surface area contributed by atoms with Gasteiger partial charge in [0, 0.05) is 16.6 Å². The summed E-state index contributed by atoms with van der Waals surface area (Å²) in [5.74, 6) is -1.12. The second-order valence-corrected chi connectivity index (χ2v) is 7.96. The molecular weight excluding hydrogens is 398 g/mol. The lowest BCUT2D eigenvalue weighted by Gasteiger charge is -2.24. The molecule has 1 aliphatic rings. The van der Waals surface area contributed by atoms with Crippen LogP contribution in [-0.2, 0) is 4.74 Å². The lowest BCUT2D eigenvalue weighted by atomic mass is 10.1. The second kappa shape index (κ2) is 7.27. The number of nitrogens with one attached hydrogen (secondary N) is 1. The average molecular weight is 419 g/mol. The molecule has 1 heterocycles. The number of nitrogens with zero attached hydrogens (tertiary/aromatic N) is 1.